The SMILES string of the molecule is CC1OCCC1SCC(=O)c1ccc[nH]1. The number of ketones is 1. The number of hydrogen-bond donors (Lipinski definition) is 1. The second kappa shape index (κ2) is 4.86. The van der Waals surface area contributed by atoms with Crippen molar-refractivity contribution in [2.75, 3.05) is 12.4 Å². The Balaban J connectivity index is 1.81. The van der Waals surface area contributed by atoms with Gasteiger partial charge in [-0.3, -0.25) is 4.79 Å². The minimum atomic E-state index is 0.170. The summed E-state index contributed by atoms with van der Waals surface area (Å²) in [5, 5.41) is 0.476. The highest BCUT2D eigenvalue weighted by atomic mass is 32.2. The lowest BCUT2D eigenvalue weighted by Crippen LogP contribution is -2.16. The van der Waals surface area contributed by atoms with Gasteiger partial charge in [0.25, 0.3) is 0 Å². The molecule has 1 aromatic heterocycles. The molecule has 2 heterocycles. The molecule has 0 aromatic carbocycles. The van der Waals surface area contributed by atoms with E-state index in [9.17, 15) is 4.79 Å². The molecule has 4 heteroatoms. The van der Waals surface area contributed by atoms with Crippen molar-refractivity contribution in [3.8, 4) is 0 Å². The van der Waals surface area contributed by atoms with E-state index in [-0.39, 0.29) is 11.9 Å². The monoisotopic (exact) mass is 225 g/mol. The summed E-state index contributed by atoms with van der Waals surface area (Å²) in [5.41, 5.74) is 0.703. The van der Waals surface area contributed by atoms with Crippen LogP contribution in [0.15, 0.2) is 18.3 Å². The molecule has 0 radical (unpaired) electrons. The quantitative estimate of drug-likeness (QED) is 0.798. The van der Waals surface area contributed by atoms with Crippen LogP contribution in [0.2, 0.25) is 0 Å². The number of carbonyl (C=O) groups excluding carboxylic acids is 1. The molecule has 1 saturated heterocycles. The highest BCUT2D eigenvalue weighted by Gasteiger charge is 2.25. The molecule has 0 saturated carbocycles. The van der Waals surface area contributed by atoms with Crippen LogP contribution in [-0.4, -0.2) is 34.5 Å². The lowest BCUT2D eigenvalue weighted by Gasteiger charge is -2.12. The van der Waals surface area contributed by atoms with E-state index in [0.29, 0.717) is 16.7 Å². The lowest BCUT2D eigenvalue weighted by molar-refractivity contribution is 0.101. The molecule has 1 fully saturated rings. The van der Waals surface area contributed by atoms with Gasteiger partial charge < -0.3 is 9.72 Å². The highest BCUT2D eigenvalue weighted by Crippen LogP contribution is 2.26. The van der Waals surface area contributed by atoms with Gasteiger partial charge in [0.05, 0.1) is 17.6 Å². The zero-order valence-corrected chi connectivity index (χ0v) is 9.55. The molecule has 0 aliphatic carbocycles. The summed E-state index contributed by atoms with van der Waals surface area (Å²) in [5.74, 6) is 0.711. The van der Waals surface area contributed by atoms with Crippen LogP contribution in [0.3, 0.4) is 0 Å². The molecule has 82 valence electrons. The summed E-state index contributed by atoms with van der Waals surface area (Å²) in [4.78, 5) is 14.6. The first kappa shape index (κ1) is 10.8. The van der Waals surface area contributed by atoms with E-state index in [2.05, 4.69) is 11.9 Å². The number of thioether (sulfide) groups is 1. The van der Waals surface area contributed by atoms with Crippen molar-refractivity contribution >= 4 is 17.5 Å². The fourth-order valence-corrected chi connectivity index (χ4v) is 2.83. The number of rotatable bonds is 4. The van der Waals surface area contributed by atoms with Crippen LogP contribution in [0.25, 0.3) is 0 Å². The smallest absolute Gasteiger partial charge is 0.188 e. The van der Waals surface area contributed by atoms with Gasteiger partial charge in [-0.05, 0) is 25.5 Å². The first-order chi connectivity index (χ1) is 7.27. The van der Waals surface area contributed by atoms with Gasteiger partial charge in [-0.25, -0.2) is 0 Å². The first-order valence-electron chi connectivity index (χ1n) is 5.17. The van der Waals surface area contributed by atoms with E-state index in [1.807, 2.05) is 12.1 Å². The Hall–Kier alpha value is -0.740. The van der Waals surface area contributed by atoms with Gasteiger partial charge in [-0.15, -0.1) is 11.8 Å². The topological polar surface area (TPSA) is 42.1 Å². The largest absolute Gasteiger partial charge is 0.377 e. The number of H-pyrrole nitrogens is 1. The molecule has 15 heavy (non-hydrogen) atoms. The summed E-state index contributed by atoms with van der Waals surface area (Å²) in [6.07, 6.45) is 3.12. The van der Waals surface area contributed by atoms with Crippen molar-refractivity contribution in [3.05, 3.63) is 24.0 Å². The molecule has 1 aliphatic heterocycles. The standard InChI is InChI=1S/C11H15NO2S/c1-8-11(4-6-14-8)15-7-10(13)9-3-2-5-12-9/h2-3,5,8,11-12H,4,6-7H2,1H3. The Morgan fingerprint density at radius 3 is 3.20 bits per heavy atom. The maximum absolute atomic E-state index is 11.7. The summed E-state index contributed by atoms with van der Waals surface area (Å²) < 4.78 is 5.45. The van der Waals surface area contributed by atoms with Gasteiger partial charge in [0.2, 0.25) is 0 Å². The molecule has 3 nitrogen and oxygen atoms in total. The van der Waals surface area contributed by atoms with E-state index in [0.717, 1.165) is 13.0 Å². The maximum atomic E-state index is 11.7. The molecule has 1 N–H and O–H groups in total. The Bertz CT molecular complexity index is 323. The Labute approximate surface area is 93.6 Å². The van der Waals surface area contributed by atoms with Crippen molar-refractivity contribution in [2.45, 2.75) is 24.7 Å². The normalized spacial score (nSPS) is 25.7. The molecule has 2 atom stereocenters. The lowest BCUT2D eigenvalue weighted by atomic mass is 10.3. The number of aromatic amines is 1. The number of Topliss-reactive ketones (excluding diaryl/α,β-unsaturated/α-hetero) is 1. The number of aromatic nitrogens is 1. The van der Waals surface area contributed by atoms with Crippen LogP contribution in [0.4, 0.5) is 0 Å². The number of carbonyl (C=O) groups is 1. The Morgan fingerprint density at radius 1 is 1.73 bits per heavy atom. The van der Waals surface area contributed by atoms with Crippen LogP contribution >= 0.6 is 11.8 Å². The van der Waals surface area contributed by atoms with Crippen molar-refractivity contribution in [3.63, 3.8) is 0 Å². The second-order valence-corrected chi connectivity index (χ2v) is 4.95. The molecule has 2 rings (SSSR count). The third kappa shape index (κ3) is 2.63. The highest BCUT2D eigenvalue weighted by molar-refractivity contribution is 8.00. The molecular formula is C11H15NO2S. The summed E-state index contributed by atoms with van der Waals surface area (Å²) >= 11 is 1.70. The average molecular weight is 225 g/mol. The van der Waals surface area contributed by atoms with Gasteiger partial charge in [0.1, 0.15) is 0 Å². The Kier molecular flexibility index (Phi) is 3.49. The fraction of sp³-hybridized carbons (Fsp3) is 0.545. The molecule has 1 aromatic rings. The molecule has 0 spiro atoms. The van der Waals surface area contributed by atoms with Crippen LogP contribution in [-0.2, 0) is 4.74 Å². The number of nitrogens with one attached hydrogen (secondary N) is 1. The second-order valence-electron chi connectivity index (χ2n) is 3.72. The van der Waals surface area contributed by atoms with Crippen molar-refractivity contribution in [2.24, 2.45) is 0 Å². The predicted molar refractivity (Wildman–Crippen MR) is 61.4 cm³/mol. The third-order valence-corrected chi connectivity index (χ3v) is 4.11. The third-order valence-electron chi connectivity index (χ3n) is 2.63. The Morgan fingerprint density at radius 2 is 2.60 bits per heavy atom. The molecule has 0 bridgehead atoms. The molecule has 1 aliphatic rings. The zero-order chi connectivity index (χ0) is 10.7. The predicted octanol–water partition coefficient (Wildman–Crippen LogP) is 2.11. The van der Waals surface area contributed by atoms with E-state index in [1.165, 1.54) is 0 Å². The number of hydrogen-bond acceptors (Lipinski definition) is 3. The van der Waals surface area contributed by atoms with Crippen LogP contribution < -0.4 is 0 Å². The summed E-state index contributed by atoms with van der Waals surface area (Å²) in [6.45, 7) is 2.90. The van der Waals surface area contributed by atoms with Gasteiger partial charge in [-0.1, -0.05) is 0 Å². The van der Waals surface area contributed by atoms with Gasteiger partial charge >= 0.3 is 0 Å². The summed E-state index contributed by atoms with van der Waals surface area (Å²) in [7, 11) is 0. The minimum absolute atomic E-state index is 0.170. The zero-order valence-electron chi connectivity index (χ0n) is 8.73. The molecule has 0 amide bonds. The molecule has 2 unspecified atom stereocenters. The van der Waals surface area contributed by atoms with E-state index in [4.69, 9.17) is 4.74 Å². The van der Waals surface area contributed by atoms with E-state index >= 15 is 0 Å². The summed E-state index contributed by atoms with van der Waals surface area (Å²) in [6, 6.07) is 3.66. The minimum Gasteiger partial charge on any atom is -0.377 e. The number of ether oxygens (including phenoxy) is 1. The maximum Gasteiger partial charge on any atom is 0.188 e. The van der Waals surface area contributed by atoms with Crippen molar-refractivity contribution in [1.29, 1.82) is 0 Å². The van der Waals surface area contributed by atoms with E-state index < -0.39 is 0 Å². The van der Waals surface area contributed by atoms with Gasteiger partial charge in [0, 0.05) is 18.1 Å². The van der Waals surface area contributed by atoms with Crippen LogP contribution in [0, 0.1) is 0 Å². The van der Waals surface area contributed by atoms with Crippen LogP contribution in [0.1, 0.15) is 23.8 Å². The average Bonchev–Trinajstić information content (AvgIpc) is 2.85. The molecular weight excluding hydrogens is 210 g/mol. The van der Waals surface area contributed by atoms with Gasteiger partial charge in [-0.2, -0.15) is 0 Å². The van der Waals surface area contributed by atoms with Crippen LogP contribution in [0.5, 0.6) is 0 Å². The van der Waals surface area contributed by atoms with Gasteiger partial charge in [0.15, 0.2) is 5.78 Å². The van der Waals surface area contributed by atoms with Crippen molar-refractivity contribution < 1.29 is 9.53 Å². The first-order valence-corrected chi connectivity index (χ1v) is 6.22. The van der Waals surface area contributed by atoms with Crippen molar-refractivity contribution in [1.82, 2.24) is 4.98 Å². The fourth-order valence-electron chi connectivity index (χ4n) is 1.70. The van der Waals surface area contributed by atoms with E-state index in [1.54, 1.807) is 18.0 Å².